The number of nitrogens with zero attached hydrogens (tertiary/aromatic N) is 1. The summed E-state index contributed by atoms with van der Waals surface area (Å²) >= 11 is 6.74. The fraction of sp³-hybridized carbons (Fsp3) is 0.385. The standard InChI is InChI=1S/C13H13Br2NO3/c1-6(2)16-9-5-7(14)4-8(13(18)19-3)10(9)11(15)12(16)17/h4-6,11H,1-3H3. The van der Waals surface area contributed by atoms with Crippen molar-refractivity contribution in [2.45, 2.75) is 24.7 Å². The molecule has 0 saturated heterocycles. The van der Waals surface area contributed by atoms with Crippen LogP contribution in [0.25, 0.3) is 0 Å². The summed E-state index contributed by atoms with van der Waals surface area (Å²) in [5.41, 5.74) is 1.83. The van der Waals surface area contributed by atoms with Crippen molar-refractivity contribution in [2.24, 2.45) is 0 Å². The van der Waals surface area contributed by atoms with E-state index in [1.807, 2.05) is 19.9 Å². The van der Waals surface area contributed by atoms with Gasteiger partial charge >= 0.3 is 5.97 Å². The van der Waals surface area contributed by atoms with Crippen molar-refractivity contribution >= 4 is 49.4 Å². The van der Waals surface area contributed by atoms with Crippen LogP contribution in [-0.2, 0) is 9.53 Å². The van der Waals surface area contributed by atoms with Gasteiger partial charge in [0, 0.05) is 16.1 Å². The molecule has 102 valence electrons. The Morgan fingerprint density at radius 2 is 2.05 bits per heavy atom. The minimum Gasteiger partial charge on any atom is -0.465 e. The van der Waals surface area contributed by atoms with Crippen molar-refractivity contribution in [2.75, 3.05) is 12.0 Å². The van der Waals surface area contributed by atoms with Crippen LogP contribution in [0.3, 0.4) is 0 Å². The molecule has 1 atom stereocenters. The summed E-state index contributed by atoms with van der Waals surface area (Å²) in [6.45, 7) is 3.87. The predicted molar refractivity (Wildman–Crippen MR) is 79.8 cm³/mol. The lowest BCUT2D eigenvalue weighted by molar-refractivity contribution is -0.117. The van der Waals surface area contributed by atoms with Gasteiger partial charge in [-0.05, 0) is 26.0 Å². The minimum atomic E-state index is -0.507. The van der Waals surface area contributed by atoms with Crippen molar-refractivity contribution < 1.29 is 14.3 Å². The third kappa shape index (κ3) is 2.31. The van der Waals surface area contributed by atoms with Crippen molar-refractivity contribution in [1.29, 1.82) is 0 Å². The number of amides is 1. The number of hydrogen-bond acceptors (Lipinski definition) is 3. The van der Waals surface area contributed by atoms with Crippen LogP contribution >= 0.6 is 31.9 Å². The highest BCUT2D eigenvalue weighted by Crippen LogP contribution is 2.45. The normalized spacial score (nSPS) is 17.9. The van der Waals surface area contributed by atoms with E-state index in [0.717, 1.165) is 10.2 Å². The van der Waals surface area contributed by atoms with Gasteiger partial charge in [0.2, 0.25) is 5.91 Å². The number of benzene rings is 1. The van der Waals surface area contributed by atoms with Crippen LogP contribution in [0.15, 0.2) is 16.6 Å². The minimum absolute atomic E-state index is 0.0218. The average molecular weight is 391 g/mol. The Hall–Kier alpha value is -0.880. The number of ether oxygens (including phenoxy) is 1. The fourth-order valence-electron chi connectivity index (χ4n) is 2.25. The van der Waals surface area contributed by atoms with Gasteiger partial charge in [0.05, 0.1) is 18.4 Å². The van der Waals surface area contributed by atoms with Crippen LogP contribution in [0.5, 0.6) is 0 Å². The third-order valence-corrected chi connectivity index (χ3v) is 4.32. The molecule has 1 aliphatic rings. The first-order valence-electron chi connectivity index (χ1n) is 5.77. The van der Waals surface area contributed by atoms with Gasteiger partial charge in [-0.3, -0.25) is 4.79 Å². The molecule has 1 aromatic carbocycles. The van der Waals surface area contributed by atoms with Crippen LogP contribution in [0, 0.1) is 0 Å². The van der Waals surface area contributed by atoms with Gasteiger partial charge in [-0.15, -0.1) is 0 Å². The maximum Gasteiger partial charge on any atom is 0.338 e. The lowest BCUT2D eigenvalue weighted by atomic mass is 10.0. The molecule has 0 saturated carbocycles. The Balaban J connectivity index is 2.69. The van der Waals surface area contributed by atoms with Crippen LogP contribution in [0.4, 0.5) is 5.69 Å². The van der Waals surface area contributed by atoms with Crippen LogP contribution in [0.1, 0.15) is 34.6 Å². The number of hydrogen-bond donors (Lipinski definition) is 0. The van der Waals surface area contributed by atoms with Gasteiger partial charge in [-0.2, -0.15) is 0 Å². The second-order valence-electron chi connectivity index (χ2n) is 4.54. The Morgan fingerprint density at radius 1 is 1.42 bits per heavy atom. The Morgan fingerprint density at radius 3 is 2.58 bits per heavy atom. The zero-order chi connectivity index (χ0) is 14.3. The molecule has 1 aromatic rings. The highest BCUT2D eigenvalue weighted by molar-refractivity contribution is 9.10. The van der Waals surface area contributed by atoms with Gasteiger partial charge in [-0.25, -0.2) is 4.79 Å². The second-order valence-corrected chi connectivity index (χ2v) is 6.37. The number of esters is 1. The molecule has 0 bridgehead atoms. The van der Waals surface area contributed by atoms with Crippen molar-refractivity contribution in [1.82, 2.24) is 0 Å². The lowest BCUT2D eigenvalue weighted by Gasteiger charge is -2.22. The number of halogens is 2. The van der Waals surface area contributed by atoms with Gasteiger partial charge in [0.15, 0.2) is 0 Å². The number of carbonyl (C=O) groups is 2. The first-order chi connectivity index (χ1) is 8.88. The molecule has 0 spiro atoms. The first-order valence-corrected chi connectivity index (χ1v) is 7.48. The zero-order valence-electron chi connectivity index (χ0n) is 10.7. The molecular weight excluding hydrogens is 378 g/mol. The monoisotopic (exact) mass is 389 g/mol. The first kappa shape index (κ1) is 14.5. The van der Waals surface area contributed by atoms with Crippen LogP contribution < -0.4 is 4.90 Å². The molecule has 4 nitrogen and oxygen atoms in total. The van der Waals surface area contributed by atoms with Gasteiger partial charge in [0.25, 0.3) is 0 Å². The average Bonchev–Trinajstić information content (AvgIpc) is 2.59. The van der Waals surface area contributed by atoms with Gasteiger partial charge in [-0.1, -0.05) is 31.9 Å². The smallest absolute Gasteiger partial charge is 0.338 e. The number of rotatable bonds is 2. The molecular formula is C13H13Br2NO3. The largest absolute Gasteiger partial charge is 0.465 e. The summed E-state index contributed by atoms with van der Waals surface area (Å²) < 4.78 is 5.53. The van der Waals surface area contributed by atoms with E-state index in [4.69, 9.17) is 4.74 Å². The molecule has 0 N–H and O–H groups in total. The highest BCUT2D eigenvalue weighted by Gasteiger charge is 2.40. The summed E-state index contributed by atoms with van der Waals surface area (Å²) in [4.78, 5) is 25.3. The fourth-order valence-corrected chi connectivity index (χ4v) is 3.39. The SMILES string of the molecule is COC(=O)c1cc(Br)cc2c1C(Br)C(=O)N2C(C)C. The van der Waals surface area contributed by atoms with E-state index in [9.17, 15) is 9.59 Å². The van der Waals surface area contributed by atoms with Crippen molar-refractivity contribution in [3.63, 3.8) is 0 Å². The molecule has 1 amide bonds. The van der Waals surface area contributed by atoms with E-state index in [1.54, 1.807) is 11.0 Å². The van der Waals surface area contributed by atoms with E-state index in [0.29, 0.717) is 11.1 Å². The lowest BCUT2D eigenvalue weighted by Crippen LogP contribution is -2.34. The summed E-state index contributed by atoms with van der Waals surface area (Å²) in [5, 5.41) is 0. The summed E-state index contributed by atoms with van der Waals surface area (Å²) in [7, 11) is 1.33. The summed E-state index contributed by atoms with van der Waals surface area (Å²) in [6, 6.07) is 3.55. The number of anilines is 1. The van der Waals surface area contributed by atoms with E-state index < -0.39 is 10.8 Å². The Bertz CT molecular complexity index is 557. The molecule has 0 fully saturated rings. The van der Waals surface area contributed by atoms with Gasteiger partial charge in [0.1, 0.15) is 4.83 Å². The van der Waals surface area contributed by atoms with Crippen LogP contribution in [-0.4, -0.2) is 25.0 Å². The number of fused-ring (bicyclic) bond motifs is 1. The molecule has 0 aromatic heterocycles. The number of methoxy groups -OCH3 is 1. The molecule has 2 rings (SSSR count). The quantitative estimate of drug-likeness (QED) is 0.574. The van der Waals surface area contributed by atoms with Crippen molar-refractivity contribution in [3.05, 3.63) is 27.7 Å². The summed E-state index contributed by atoms with van der Waals surface area (Å²) in [5.74, 6) is -0.506. The molecule has 1 aliphatic heterocycles. The number of alkyl halides is 1. The van der Waals surface area contributed by atoms with E-state index >= 15 is 0 Å². The van der Waals surface area contributed by atoms with E-state index in [-0.39, 0.29) is 11.9 Å². The highest BCUT2D eigenvalue weighted by atomic mass is 79.9. The predicted octanol–water partition coefficient (Wildman–Crippen LogP) is 3.43. The van der Waals surface area contributed by atoms with Crippen molar-refractivity contribution in [3.8, 4) is 0 Å². The third-order valence-electron chi connectivity index (χ3n) is 3.01. The second kappa shape index (κ2) is 5.25. The molecule has 1 heterocycles. The number of carbonyl (C=O) groups excluding carboxylic acids is 2. The molecule has 6 heteroatoms. The Labute approximate surface area is 128 Å². The van der Waals surface area contributed by atoms with E-state index in [1.165, 1.54) is 7.11 Å². The zero-order valence-corrected chi connectivity index (χ0v) is 13.9. The summed E-state index contributed by atoms with van der Waals surface area (Å²) in [6.07, 6.45) is 0. The van der Waals surface area contributed by atoms with Crippen LogP contribution in [0.2, 0.25) is 0 Å². The van der Waals surface area contributed by atoms with Gasteiger partial charge < -0.3 is 9.64 Å². The topological polar surface area (TPSA) is 46.6 Å². The molecule has 0 aliphatic carbocycles. The molecule has 19 heavy (non-hydrogen) atoms. The molecule has 0 radical (unpaired) electrons. The Kier molecular flexibility index (Phi) is 4.01. The molecule has 1 unspecified atom stereocenters. The maximum atomic E-state index is 12.3. The van der Waals surface area contributed by atoms with E-state index in [2.05, 4.69) is 31.9 Å². The maximum absolute atomic E-state index is 12.3.